The Bertz CT molecular complexity index is 1990. The number of rotatable bonds is 2. The minimum absolute atomic E-state index is 0.0478. The van der Waals surface area contributed by atoms with E-state index in [9.17, 15) is 19.5 Å². The molecule has 6 aromatic rings. The number of nitrogens with one attached hydrogen (secondary N) is 2. The Morgan fingerprint density at radius 3 is 2.62 bits per heavy atom. The van der Waals surface area contributed by atoms with Crippen molar-refractivity contribution in [3.05, 3.63) is 72.4 Å². The summed E-state index contributed by atoms with van der Waals surface area (Å²) >= 11 is 6.11. The Labute approximate surface area is 193 Å². The van der Waals surface area contributed by atoms with Crippen LogP contribution in [-0.2, 0) is 0 Å². The Kier molecular flexibility index (Phi) is 4.12. The van der Waals surface area contributed by atoms with Crippen LogP contribution >= 0.6 is 11.6 Å². The van der Waals surface area contributed by atoms with E-state index < -0.39 is 22.2 Å². The van der Waals surface area contributed by atoms with Crippen molar-refractivity contribution in [1.82, 2.24) is 14.8 Å². The lowest BCUT2D eigenvalue weighted by Crippen LogP contribution is -2.08. The number of pyridine rings is 1. The van der Waals surface area contributed by atoms with Crippen LogP contribution in [0.3, 0.4) is 0 Å². The number of furan rings is 1. The number of hydrogen-bond acceptors (Lipinski definition) is 6. The molecule has 6 rings (SSSR count). The molecule has 2 aromatic carbocycles. The first-order chi connectivity index (χ1) is 16.3. The Balaban J connectivity index is 1.89. The van der Waals surface area contributed by atoms with Crippen LogP contribution in [0.4, 0.5) is 0 Å². The number of phenols is 1. The first kappa shape index (κ1) is 20.4. The lowest BCUT2D eigenvalue weighted by atomic mass is 10.0. The number of benzene rings is 2. The third kappa shape index (κ3) is 2.64. The number of hydrogen-bond donors (Lipinski definition) is 3. The number of aromatic nitrogens is 3. The maximum absolute atomic E-state index is 13.6. The van der Waals surface area contributed by atoms with E-state index in [1.807, 2.05) is 13.8 Å². The predicted molar refractivity (Wildman–Crippen MR) is 129 cm³/mol. The average molecular weight is 478 g/mol. The molecule has 0 unspecified atom stereocenters. The number of H-pyrrole nitrogens is 2. The van der Waals surface area contributed by atoms with Crippen LogP contribution in [-0.4, -0.2) is 19.9 Å². The fraction of sp³-hybridized carbons (Fsp3) is 0.125. The molecule has 10 heteroatoms. The summed E-state index contributed by atoms with van der Waals surface area (Å²) in [5, 5.41) is 14.3. The van der Waals surface area contributed by atoms with E-state index in [-0.39, 0.29) is 39.1 Å². The summed E-state index contributed by atoms with van der Waals surface area (Å²) in [6.45, 7) is 3.78. The monoisotopic (exact) mass is 477 g/mol. The molecule has 4 aromatic heterocycles. The molecule has 0 atom stereocenters. The van der Waals surface area contributed by atoms with E-state index in [1.54, 1.807) is 16.8 Å². The van der Waals surface area contributed by atoms with E-state index in [4.69, 9.17) is 20.4 Å². The highest BCUT2D eigenvalue weighted by molar-refractivity contribution is 6.31. The number of aromatic hydroxyl groups is 1. The zero-order valence-corrected chi connectivity index (χ0v) is 18.6. The second-order valence-corrected chi connectivity index (χ2v) is 8.78. The third-order valence-corrected chi connectivity index (χ3v) is 6.20. The predicted octanol–water partition coefficient (Wildman–Crippen LogP) is 4.63. The highest BCUT2D eigenvalue weighted by Gasteiger charge is 2.26. The van der Waals surface area contributed by atoms with E-state index in [1.165, 1.54) is 24.5 Å². The van der Waals surface area contributed by atoms with Gasteiger partial charge in [0.15, 0.2) is 11.2 Å². The molecule has 0 fully saturated rings. The Morgan fingerprint density at radius 1 is 1.06 bits per heavy atom. The molecule has 0 aliphatic rings. The van der Waals surface area contributed by atoms with Gasteiger partial charge in [-0.15, -0.1) is 0 Å². The number of halogens is 1. The normalized spacial score (nSPS) is 12.1. The molecule has 0 saturated heterocycles. The fourth-order valence-corrected chi connectivity index (χ4v) is 4.56. The van der Waals surface area contributed by atoms with E-state index in [0.29, 0.717) is 27.2 Å². The van der Waals surface area contributed by atoms with Gasteiger partial charge >= 0.3 is 0 Å². The Hall–Kier alpha value is -4.24. The van der Waals surface area contributed by atoms with Gasteiger partial charge in [-0.05, 0) is 44.2 Å². The molecular weight excluding hydrogens is 462 g/mol. The highest BCUT2D eigenvalue weighted by atomic mass is 35.5. The molecule has 170 valence electrons. The lowest BCUT2D eigenvalue weighted by Gasteiger charge is -2.10. The number of nitrogens with zero attached hydrogens (tertiary/aromatic N) is 1. The van der Waals surface area contributed by atoms with Gasteiger partial charge in [0.1, 0.15) is 17.5 Å². The molecule has 0 bridgehead atoms. The minimum atomic E-state index is -0.609. The van der Waals surface area contributed by atoms with Crippen molar-refractivity contribution < 1.29 is 13.9 Å². The fourth-order valence-electron chi connectivity index (χ4n) is 4.38. The summed E-state index contributed by atoms with van der Waals surface area (Å²) in [5.41, 5.74) is 0.0302. The van der Waals surface area contributed by atoms with Crippen molar-refractivity contribution in [2.75, 3.05) is 0 Å². The van der Waals surface area contributed by atoms with Crippen molar-refractivity contribution in [3.63, 3.8) is 0 Å². The van der Waals surface area contributed by atoms with Gasteiger partial charge in [-0.25, -0.2) is 0 Å². The third-order valence-electron chi connectivity index (χ3n) is 5.96. The summed E-state index contributed by atoms with van der Waals surface area (Å²) in [6.07, 6.45) is 1.27. The molecule has 4 heterocycles. The molecule has 0 radical (unpaired) electrons. The number of aromatic amines is 2. The molecule has 9 nitrogen and oxygen atoms in total. The molecule has 0 amide bonds. The SMILES string of the molecule is CC(C)n1[nH]c(=O)c2c(-c3coc4ccc(Cl)cc4c3=O)c3oc4c(O)c(=O)ccc4c3[nH]c21. The second-order valence-electron chi connectivity index (χ2n) is 8.34. The Morgan fingerprint density at radius 2 is 1.85 bits per heavy atom. The van der Waals surface area contributed by atoms with Crippen molar-refractivity contribution >= 4 is 55.7 Å². The van der Waals surface area contributed by atoms with Crippen LogP contribution in [0, 0.1) is 0 Å². The van der Waals surface area contributed by atoms with Gasteiger partial charge in [0.25, 0.3) is 5.56 Å². The maximum Gasteiger partial charge on any atom is 0.274 e. The van der Waals surface area contributed by atoms with Crippen LogP contribution in [0.2, 0.25) is 5.02 Å². The van der Waals surface area contributed by atoms with Crippen molar-refractivity contribution in [1.29, 1.82) is 0 Å². The van der Waals surface area contributed by atoms with Crippen LogP contribution in [0.15, 0.2) is 59.8 Å². The molecule has 0 aliphatic carbocycles. The molecule has 0 aliphatic heterocycles. The summed E-state index contributed by atoms with van der Waals surface area (Å²) in [6, 6.07) is 7.30. The largest absolute Gasteiger partial charge is 0.502 e. The van der Waals surface area contributed by atoms with Crippen LogP contribution in [0.5, 0.6) is 5.75 Å². The zero-order valence-electron chi connectivity index (χ0n) is 17.9. The quantitative estimate of drug-likeness (QED) is 0.333. The van der Waals surface area contributed by atoms with Gasteiger partial charge in [-0.1, -0.05) is 11.6 Å². The summed E-state index contributed by atoms with van der Waals surface area (Å²) < 4.78 is 13.3. The van der Waals surface area contributed by atoms with Gasteiger partial charge in [-0.2, -0.15) is 0 Å². The van der Waals surface area contributed by atoms with Gasteiger partial charge in [-0.3, -0.25) is 24.2 Å². The van der Waals surface area contributed by atoms with E-state index in [2.05, 4.69) is 10.1 Å². The van der Waals surface area contributed by atoms with Gasteiger partial charge in [0, 0.05) is 16.5 Å². The average Bonchev–Trinajstić information content (AvgIpc) is 3.34. The van der Waals surface area contributed by atoms with Crippen molar-refractivity contribution in [2.45, 2.75) is 19.9 Å². The first-order valence-corrected chi connectivity index (χ1v) is 10.8. The van der Waals surface area contributed by atoms with Crippen LogP contribution < -0.4 is 16.4 Å². The molecule has 0 saturated carbocycles. The van der Waals surface area contributed by atoms with Crippen molar-refractivity contribution in [2.24, 2.45) is 0 Å². The van der Waals surface area contributed by atoms with E-state index >= 15 is 0 Å². The molecule has 3 N–H and O–H groups in total. The van der Waals surface area contributed by atoms with Crippen LogP contribution in [0.1, 0.15) is 19.9 Å². The summed E-state index contributed by atoms with van der Waals surface area (Å²) in [5.74, 6) is -0.560. The molecule has 0 spiro atoms. The minimum Gasteiger partial charge on any atom is -0.502 e. The zero-order chi connectivity index (χ0) is 23.9. The summed E-state index contributed by atoms with van der Waals surface area (Å²) in [4.78, 5) is 41.9. The highest BCUT2D eigenvalue weighted by Crippen LogP contribution is 2.39. The second kappa shape index (κ2) is 6.88. The van der Waals surface area contributed by atoms with E-state index in [0.717, 1.165) is 0 Å². The van der Waals surface area contributed by atoms with Crippen molar-refractivity contribution in [3.8, 4) is 16.9 Å². The van der Waals surface area contributed by atoms with Crippen LogP contribution in [0.25, 0.3) is 55.2 Å². The lowest BCUT2D eigenvalue weighted by molar-refractivity contribution is 0.464. The van der Waals surface area contributed by atoms with Gasteiger partial charge in [0.2, 0.25) is 16.6 Å². The maximum atomic E-state index is 13.6. The standard InChI is InChI=1S/C24H16ClN3O6/c1-9(2)28-23-17(24(32)27-28)16(13-8-33-15-6-3-10(25)7-12(15)19(13)30)22-18(26-23)11-4-5-14(29)20(31)21(11)34-22/h3-9,26,31H,1-2H3,(H,27,32). The van der Waals surface area contributed by atoms with Gasteiger partial charge in [0.05, 0.1) is 27.4 Å². The molecule has 34 heavy (non-hydrogen) atoms. The summed E-state index contributed by atoms with van der Waals surface area (Å²) in [7, 11) is 0. The first-order valence-electron chi connectivity index (χ1n) is 10.4. The van der Waals surface area contributed by atoms with Gasteiger partial charge < -0.3 is 18.9 Å². The number of phenolic OH excluding ortho intramolecular Hbond substituents is 1. The smallest absolute Gasteiger partial charge is 0.274 e. The molecular formula is C24H16ClN3O6. The topological polar surface area (TPSA) is 134 Å². The number of fused-ring (bicyclic) bond motifs is 5.